The van der Waals surface area contributed by atoms with Crippen LogP contribution in [0.3, 0.4) is 0 Å². The van der Waals surface area contributed by atoms with Gasteiger partial charge in [-0.3, -0.25) is 4.79 Å². The number of carbonyl (C=O) groups excluding carboxylic acids is 1. The van der Waals surface area contributed by atoms with Crippen molar-refractivity contribution >= 4 is 15.9 Å². The summed E-state index contributed by atoms with van der Waals surface area (Å²) in [6, 6.07) is 6.71. The van der Waals surface area contributed by atoms with Crippen molar-refractivity contribution in [3.63, 3.8) is 0 Å². The van der Waals surface area contributed by atoms with E-state index in [1.807, 2.05) is 20.0 Å². The Bertz CT molecular complexity index is 608. The van der Waals surface area contributed by atoms with Crippen molar-refractivity contribution in [1.82, 2.24) is 10.0 Å². The van der Waals surface area contributed by atoms with Gasteiger partial charge in [-0.2, -0.15) is 4.72 Å². The summed E-state index contributed by atoms with van der Waals surface area (Å²) >= 11 is 0. The second-order valence-electron chi connectivity index (χ2n) is 5.42. The van der Waals surface area contributed by atoms with Crippen LogP contribution >= 0.6 is 0 Å². The lowest BCUT2D eigenvalue weighted by atomic mass is 10.1. The normalized spacial score (nSPS) is 13.9. The summed E-state index contributed by atoms with van der Waals surface area (Å²) in [5.41, 5.74) is 4.73. The molecule has 1 aromatic carbocycles. The van der Waals surface area contributed by atoms with E-state index >= 15 is 0 Å². The summed E-state index contributed by atoms with van der Waals surface area (Å²) in [6.45, 7) is 4.87. The third kappa shape index (κ3) is 4.26. The van der Waals surface area contributed by atoms with E-state index < -0.39 is 21.5 Å². The first-order valence-electron chi connectivity index (χ1n) is 6.75. The van der Waals surface area contributed by atoms with Crippen molar-refractivity contribution in [3.8, 4) is 0 Å². The van der Waals surface area contributed by atoms with Crippen LogP contribution in [0, 0.1) is 0 Å². The van der Waals surface area contributed by atoms with E-state index in [2.05, 4.69) is 10.0 Å². The lowest BCUT2D eigenvalue weighted by Crippen LogP contribution is -2.52. The van der Waals surface area contributed by atoms with Crippen molar-refractivity contribution in [1.29, 1.82) is 0 Å². The van der Waals surface area contributed by atoms with E-state index in [1.165, 1.54) is 19.9 Å². The first-order valence-corrected chi connectivity index (χ1v) is 8.23. The molecule has 1 amide bonds. The van der Waals surface area contributed by atoms with E-state index in [1.54, 1.807) is 12.1 Å². The Kier molecular flexibility index (Phi) is 5.49. The molecule has 0 radical (unpaired) electrons. The van der Waals surface area contributed by atoms with E-state index in [-0.39, 0.29) is 10.9 Å². The molecule has 4 N–H and O–H groups in total. The molecule has 1 rings (SSSR count). The lowest BCUT2D eigenvalue weighted by molar-refractivity contribution is -0.122. The van der Waals surface area contributed by atoms with Crippen LogP contribution < -0.4 is 15.8 Å². The summed E-state index contributed by atoms with van der Waals surface area (Å²) in [5.74, 6) is -0.733. The highest BCUT2D eigenvalue weighted by molar-refractivity contribution is 7.89. The number of carbonyl (C=O) groups is 1. The van der Waals surface area contributed by atoms with Gasteiger partial charge >= 0.3 is 0 Å². The molecule has 0 aliphatic heterocycles. The number of rotatable bonds is 7. The summed E-state index contributed by atoms with van der Waals surface area (Å²) in [6.07, 6.45) is 0.834. The minimum atomic E-state index is -3.81. The molecule has 0 saturated carbocycles. The van der Waals surface area contributed by atoms with E-state index in [4.69, 9.17) is 5.73 Å². The molecule has 0 heterocycles. The molecular formula is C14H23N3O3S. The third-order valence-corrected chi connectivity index (χ3v) is 4.99. The zero-order chi connectivity index (χ0) is 16.3. The quantitative estimate of drug-likeness (QED) is 0.696. The molecule has 1 unspecified atom stereocenters. The van der Waals surface area contributed by atoms with Crippen molar-refractivity contribution in [2.24, 2.45) is 5.73 Å². The predicted molar refractivity (Wildman–Crippen MR) is 82.1 cm³/mol. The van der Waals surface area contributed by atoms with Crippen LogP contribution in [0.5, 0.6) is 0 Å². The molecule has 6 nitrogen and oxygen atoms in total. The Balaban J connectivity index is 3.15. The highest BCUT2D eigenvalue weighted by Gasteiger charge is 2.31. The second-order valence-corrected chi connectivity index (χ2v) is 7.10. The highest BCUT2D eigenvalue weighted by Crippen LogP contribution is 2.20. The first-order chi connectivity index (χ1) is 9.64. The van der Waals surface area contributed by atoms with Crippen LogP contribution in [0.2, 0.25) is 0 Å². The van der Waals surface area contributed by atoms with E-state index in [9.17, 15) is 13.2 Å². The molecule has 0 spiro atoms. The Labute approximate surface area is 126 Å². The number of benzene rings is 1. The average Bonchev–Trinajstić information content (AvgIpc) is 2.39. The number of hydrogen-bond donors (Lipinski definition) is 3. The van der Waals surface area contributed by atoms with Crippen molar-refractivity contribution in [2.45, 2.75) is 43.7 Å². The largest absolute Gasteiger partial charge is 0.368 e. The maximum atomic E-state index is 12.4. The summed E-state index contributed by atoms with van der Waals surface area (Å²) in [4.78, 5) is 11.4. The minimum Gasteiger partial charge on any atom is -0.368 e. The molecule has 7 heteroatoms. The maximum absolute atomic E-state index is 12.4. The van der Waals surface area contributed by atoms with Crippen LogP contribution in [0.15, 0.2) is 29.2 Å². The molecule has 0 aliphatic rings. The zero-order valence-electron chi connectivity index (χ0n) is 12.8. The van der Waals surface area contributed by atoms with Crippen molar-refractivity contribution in [2.75, 3.05) is 7.05 Å². The first kappa shape index (κ1) is 17.6. The van der Waals surface area contributed by atoms with Gasteiger partial charge in [0.05, 0.1) is 4.90 Å². The highest BCUT2D eigenvalue weighted by atomic mass is 32.2. The van der Waals surface area contributed by atoms with Crippen LogP contribution in [0.1, 0.15) is 38.8 Å². The topological polar surface area (TPSA) is 101 Å². The molecule has 0 bridgehead atoms. The van der Waals surface area contributed by atoms with Gasteiger partial charge in [0.1, 0.15) is 5.54 Å². The molecule has 0 saturated heterocycles. The summed E-state index contributed by atoms with van der Waals surface area (Å²) < 4.78 is 27.1. The van der Waals surface area contributed by atoms with E-state index in [0.29, 0.717) is 0 Å². The smallest absolute Gasteiger partial charge is 0.241 e. The minimum absolute atomic E-state index is 0.0734. The van der Waals surface area contributed by atoms with Gasteiger partial charge in [-0.15, -0.1) is 0 Å². The van der Waals surface area contributed by atoms with Crippen LogP contribution in [0.25, 0.3) is 0 Å². The standard InChI is InChI=1S/C14H23N3O3S/c1-5-12(16-4)10-7-6-8-11(9-10)21(19,20)17-14(2,3)13(15)18/h6-9,12,16-17H,5H2,1-4H3,(H2,15,18). The van der Waals surface area contributed by atoms with Crippen LogP contribution in [-0.2, 0) is 14.8 Å². The third-order valence-electron chi connectivity index (χ3n) is 3.33. The molecular weight excluding hydrogens is 290 g/mol. The van der Waals surface area contributed by atoms with Gasteiger partial charge in [0.2, 0.25) is 15.9 Å². The fraction of sp³-hybridized carbons (Fsp3) is 0.500. The van der Waals surface area contributed by atoms with Gasteiger partial charge in [-0.25, -0.2) is 8.42 Å². The Morgan fingerprint density at radius 3 is 2.48 bits per heavy atom. The Morgan fingerprint density at radius 1 is 1.38 bits per heavy atom. The summed E-state index contributed by atoms with van der Waals surface area (Å²) in [5, 5.41) is 3.12. The molecule has 0 aliphatic carbocycles. The van der Waals surface area contributed by atoms with Gasteiger partial charge in [0.15, 0.2) is 0 Å². The molecule has 0 aromatic heterocycles. The maximum Gasteiger partial charge on any atom is 0.241 e. The number of sulfonamides is 1. The number of hydrogen-bond acceptors (Lipinski definition) is 4. The average molecular weight is 313 g/mol. The van der Waals surface area contributed by atoms with Gasteiger partial charge < -0.3 is 11.1 Å². The predicted octanol–water partition coefficient (Wildman–Crippen LogP) is 0.899. The fourth-order valence-electron chi connectivity index (χ4n) is 1.95. The molecule has 21 heavy (non-hydrogen) atoms. The number of nitrogens with one attached hydrogen (secondary N) is 2. The Hall–Kier alpha value is -1.44. The molecule has 0 fully saturated rings. The molecule has 1 aromatic rings. The summed E-state index contributed by atoms with van der Waals surface area (Å²) in [7, 11) is -1.99. The second kappa shape index (κ2) is 6.55. The van der Waals surface area contributed by atoms with Gasteiger partial charge in [-0.05, 0) is 45.0 Å². The molecule has 1 atom stereocenters. The SMILES string of the molecule is CCC(NC)c1cccc(S(=O)(=O)NC(C)(C)C(N)=O)c1. The fourth-order valence-corrected chi connectivity index (χ4v) is 3.39. The Morgan fingerprint density at radius 2 is 2.00 bits per heavy atom. The number of amides is 1. The van der Waals surface area contributed by atoms with Gasteiger partial charge in [0.25, 0.3) is 0 Å². The van der Waals surface area contributed by atoms with Crippen molar-refractivity contribution < 1.29 is 13.2 Å². The monoisotopic (exact) mass is 313 g/mol. The molecule has 118 valence electrons. The van der Waals surface area contributed by atoms with Crippen molar-refractivity contribution in [3.05, 3.63) is 29.8 Å². The van der Waals surface area contributed by atoms with Crippen LogP contribution in [-0.4, -0.2) is 26.9 Å². The van der Waals surface area contributed by atoms with Gasteiger partial charge in [-0.1, -0.05) is 19.1 Å². The van der Waals surface area contributed by atoms with Gasteiger partial charge in [0, 0.05) is 6.04 Å². The van der Waals surface area contributed by atoms with E-state index in [0.717, 1.165) is 12.0 Å². The number of primary amides is 1. The zero-order valence-corrected chi connectivity index (χ0v) is 13.6. The van der Waals surface area contributed by atoms with Crippen LogP contribution in [0.4, 0.5) is 0 Å². The number of nitrogens with two attached hydrogens (primary N) is 1. The lowest BCUT2D eigenvalue weighted by Gasteiger charge is -2.22.